The Balaban J connectivity index is 1.40. The van der Waals surface area contributed by atoms with Crippen LogP contribution >= 0.6 is 11.8 Å². The summed E-state index contributed by atoms with van der Waals surface area (Å²) in [5.41, 5.74) is 0.684. The Morgan fingerprint density at radius 2 is 1.64 bits per heavy atom. The van der Waals surface area contributed by atoms with Crippen molar-refractivity contribution in [3.63, 3.8) is 0 Å². The second-order valence-electron chi connectivity index (χ2n) is 5.62. The molecule has 6 nitrogen and oxygen atoms in total. The maximum Gasteiger partial charge on any atom is 0.237 e. The first-order valence-corrected chi connectivity index (χ1v) is 8.84. The van der Waals surface area contributed by atoms with Crippen molar-refractivity contribution in [1.82, 2.24) is 0 Å². The van der Waals surface area contributed by atoms with Crippen molar-refractivity contribution >= 4 is 23.4 Å². The number of carbonyl (C=O) groups excluding carboxylic acids is 1. The van der Waals surface area contributed by atoms with Crippen LogP contribution < -0.4 is 24.3 Å². The van der Waals surface area contributed by atoms with Gasteiger partial charge in [-0.05, 0) is 37.3 Å². The Bertz CT molecular complexity index is 810. The number of amides is 1. The summed E-state index contributed by atoms with van der Waals surface area (Å²) in [6.45, 7) is 3.18. The lowest BCUT2D eigenvalue weighted by Crippen LogP contribution is -2.22. The molecule has 0 aromatic heterocycles. The van der Waals surface area contributed by atoms with Crippen LogP contribution in [-0.2, 0) is 4.79 Å². The van der Waals surface area contributed by atoms with E-state index in [4.69, 9.17) is 18.9 Å². The van der Waals surface area contributed by atoms with E-state index >= 15 is 0 Å². The van der Waals surface area contributed by atoms with E-state index in [0.717, 1.165) is 16.4 Å². The summed E-state index contributed by atoms with van der Waals surface area (Å²) in [5, 5.41) is 2.63. The molecule has 0 fully saturated rings. The minimum absolute atomic E-state index is 0.0845. The first-order chi connectivity index (χ1) is 12.2. The number of rotatable bonds is 4. The highest BCUT2D eigenvalue weighted by atomic mass is 32.2. The molecule has 2 aromatic rings. The highest BCUT2D eigenvalue weighted by Gasteiger charge is 2.19. The van der Waals surface area contributed by atoms with Crippen LogP contribution in [0.5, 0.6) is 23.0 Å². The van der Waals surface area contributed by atoms with E-state index in [0.29, 0.717) is 30.4 Å². The fraction of sp³-hybridized carbons (Fsp3) is 0.278. The molecular weight excluding hydrogens is 342 g/mol. The maximum absolute atomic E-state index is 12.4. The molecule has 4 rings (SSSR count). The Labute approximate surface area is 149 Å². The number of hydrogen-bond acceptors (Lipinski definition) is 6. The van der Waals surface area contributed by atoms with Gasteiger partial charge in [0.1, 0.15) is 13.2 Å². The third-order valence-electron chi connectivity index (χ3n) is 3.84. The van der Waals surface area contributed by atoms with Gasteiger partial charge in [0.15, 0.2) is 23.0 Å². The largest absolute Gasteiger partial charge is 0.486 e. The number of hydrogen-bond donors (Lipinski definition) is 1. The quantitative estimate of drug-likeness (QED) is 0.845. The molecular formula is C18H17NO5S. The molecule has 0 unspecified atom stereocenters. The first-order valence-electron chi connectivity index (χ1n) is 7.96. The Morgan fingerprint density at radius 1 is 0.960 bits per heavy atom. The predicted molar refractivity (Wildman–Crippen MR) is 93.9 cm³/mol. The van der Waals surface area contributed by atoms with E-state index in [1.807, 2.05) is 25.1 Å². The molecule has 7 heteroatoms. The maximum atomic E-state index is 12.4. The zero-order valence-electron chi connectivity index (χ0n) is 13.6. The van der Waals surface area contributed by atoms with Crippen LogP contribution in [-0.4, -0.2) is 31.2 Å². The van der Waals surface area contributed by atoms with Gasteiger partial charge >= 0.3 is 0 Å². The molecule has 0 spiro atoms. The summed E-state index contributed by atoms with van der Waals surface area (Å²) in [6, 6.07) is 11.1. The topological polar surface area (TPSA) is 66.0 Å². The van der Waals surface area contributed by atoms with Gasteiger partial charge in [-0.2, -0.15) is 0 Å². The van der Waals surface area contributed by atoms with E-state index in [1.165, 1.54) is 11.8 Å². The van der Waals surface area contributed by atoms with E-state index in [9.17, 15) is 4.79 Å². The van der Waals surface area contributed by atoms with Crippen LogP contribution in [0.4, 0.5) is 5.69 Å². The van der Waals surface area contributed by atoms with E-state index in [-0.39, 0.29) is 18.0 Å². The number of benzene rings is 2. The summed E-state index contributed by atoms with van der Waals surface area (Å²) in [6.07, 6.45) is 0. The van der Waals surface area contributed by atoms with Crippen molar-refractivity contribution in [2.45, 2.75) is 17.1 Å². The molecule has 2 heterocycles. The number of nitrogens with one attached hydrogen (secondary N) is 1. The van der Waals surface area contributed by atoms with Crippen LogP contribution in [0, 0.1) is 0 Å². The Kier molecular flexibility index (Phi) is 4.31. The first kappa shape index (κ1) is 16.0. The monoisotopic (exact) mass is 359 g/mol. The van der Waals surface area contributed by atoms with Gasteiger partial charge in [0, 0.05) is 16.6 Å². The number of thioether (sulfide) groups is 1. The van der Waals surface area contributed by atoms with Crippen LogP contribution in [0.15, 0.2) is 41.3 Å². The Hall–Kier alpha value is -2.54. The Morgan fingerprint density at radius 3 is 2.52 bits per heavy atom. The SMILES string of the molecule is C[C@@H](Sc1ccc2c(c1)OCCO2)C(=O)Nc1ccc2c(c1)OCO2. The highest BCUT2D eigenvalue weighted by Crippen LogP contribution is 2.36. The summed E-state index contributed by atoms with van der Waals surface area (Å²) in [4.78, 5) is 13.4. The molecule has 0 radical (unpaired) electrons. The van der Waals surface area contributed by atoms with Gasteiger partial charge in [-0.25, -0.2) is 0 Å². The fourth-order valence-corrected chi connectivity index (χ4v) is 3.47. The molecule has 2 aromatic carbocycles. The summed E-state index contributed by atoms with van der Waals surface area (Å²) >= 11 is 1.47. The van der Waals surface area contributed by atoms with Crippen molar-refractivity contribution in [1.29, 1.82) is 0 Å². The third-order valence-corrected chi connectivity index (χ3v) is 4.93. The average Bonchev–Trinajstić information content (AvgIpc) is 3.09. The molecule has 130 valence electrons. The molecule has 2 aliphatic rings. The smallest absolute Gasteiger partial charge is 0.237 e. The van der Waals surface area contributed by atoms with Crippen molar-refractivity contribution in [3.8, 4) is 23.0 Å². The predicted octanol–water partition coefficient (Wildman–Crippen LogP) is 3.31. The molecule has 1 N–H and O–H groups in total. The normalized spacial score (nSPS) is 15.6. The molecule has 25 heavy (non-hydrogen) atoms. The second kappa shape index (κ2) is 6.76. The van der Waals surface area contributed by atoms with E-state index < -0.39 is 0 Å². The number of anilines is 1. The van der Waals surface area contributed by atoms with E-state index in [2.05, 4.69) is 5.32 Å². The van der Waals surface area contributed by atoms with Crippen LogP contribution in [0.3, 0.4) is 0 Å². The van der Waals surface area contributed by atoms with Gasteiger partial charge in [0.05, 0.1) is 5.25 Å². The van der Waals surface area contributed by atoms with E-state index in [1.54, 1.807) is 18.2 Å². The van der Waals surface area contributed by atoms with Crippen LogP contribution in [0.25, 0.3) is 0 Å². The van der Waals surface area contributed by atoms with Crippen molar-refractivity contribution in [3.05, 3.63) is 36.4 Å². The number of fused-ring (bicyclic) bond motifs is 2. The standard InChI is InChI=1S/C18H17NO5S/c1-11(25-13-3-5-14-17(9-13)22-7-6-21-14)18(20)19-12-2-4-15-16(8-12)24-10-23-15/h2-5,8-9,11H,6-7,10H2,1H3,(H,19,20)/t11-/m1/s1. The summed E-state index contributed by atoms with van der Waals surface area (Å²) in [5.74, 6) is 2.72. The minimum Gasteiger partial charge on any atom is -0.486 e. The van der Waals surface area contributed by atoms with Crippen LogP contribution in [0.1, 0.15) is 6.92 Å². The lowest BCUT2D eigenvalue weighted by Gasteiger charge is -2.19. The average molecular weight is 359 g/mol. The lowest BCUT2D eigenvalue weighted by molar-refractivity contribution is -0.115. The van der Waals surface area contributed by atoms with Crippen molar-refractivity contribution in [2.75, 3.05) is 25.3 Å². The van der Waals surface area contributed by atoms with Gasteiger partial charge in [-0.1, -0.05) is 0 Å². The van der Waals surface area contributed by atoms with Gasteiger partial charge in [-0.15, -0.1) is 11.8 Å². The summed E-state index contributed by atoms with van der Waals surface area (Å²) < 4.78 is 21.7. The zero-order valence-corrected chi connectivity index (χ0v) is 14.4. The molecule has 1 atom stereocenters. The zero-order chi connectivity index (χ0) is 17.2. The van der Waals surface area contributed by atoms with Crippen molar-refractivity contribution < 1.29 is 23.7 Å². The van der Waals surface area contributed by atoms with Gasteiger partial charge in [-0.3, -0.25) is 4.79 Å². The molecule has 0 saturated carbocycles. The summed E-state index contributed by atoms with van der Waals surface area (Å²) in [7, 11) is 0. The van der Waals surface area contributed by atoms with Crippen LogP contribution in [0.2, 0.25) is 0 Å². The number of carbonyl (C=O) groups is 1. The van der Waals surface area contributed by atoms with Gasteiger partial charge < -0.3 is 24.3 Å². The van der Waals surface area contributed by atoms with Crippen molar-refractivity contribution in [2.24, 2.45) is 0 Å². The third kappa shape index (κ3) is 3.46. The fourth-order valence-electron chi connectivity index (χ4n) is 2.57. The second-order valence-corrected chi connectivity index (χ2v) is 7.04. The highest BCUT2D eigenvalue weighted by molar-refractivity contribution is 8.00. The molecule has 2 aliphatic heterocycles. The lowest BCUT2D eigenvalue weighted by atomic mass is 10.2. The minimum atomic E-state index is -0.270. The van der Waals surface area contributed by atoms with Gasteiger partial charge in [0.25, 0.3) is 0 Å². The molecule has 1 amide bonds. The molecule has 0 saturated heterocycles. The number of ether oxygens (including phenoxy) is 4. The molecule has 0 bridgehead atoms. The van der Waals surface area contributed by atoms with Gasteiger partial charge in [0.2, 0.25) is 12.7 Å². The molecule has 0 aliphatic carbocycles.